The van der Waals surface area contributed by atoms with Gasteiger partial charge in [-0.05, 0) is 49.1 Å². The second-order valence-corrected chi connectivity index (χ2v) is 14.3. The molecule has 3 aromatic rings. The highest BCUT2D eigenvalue weighted by atomic mass is 32.1. The van der Waals surface area contributed by atoms with Crippen molar-refractivity contribution in [2.45, 2.75) is 111 Å². The number of benzene rings is 2. The van der Waals surface area contributed by atoms with E-state index in [0.717, 1.165) is 23.3 Å². The summed E-state index contributed by atoms with van der Waals surface area (Å²) < 4.78 is 32.1. The summed E-state index contributed by atoms with van der Waals surface area (Å²) in [5.41, 5.74) is 3.69. The summed E-state index contributed by atoms with van der Waals surface area (Å²) in [7, 11) is -4.42. The first kappa shape index (κ1) is 33.2. The molecular formula is C33H49NO5PS+. The average Bonchev–Trinajstić information content (AvgIpc) is 3.31. The highest BCUT2D eigenvalue weighted by Crippen LogP contribution is 2.46. The van der Waals surface area contributed by atoms with Gasteiger partial charge in [0.25, 0.3) is 0 Å². The van der Waals surface area contributed by atoms with E-state index in [9.17, 15) is 9.46 Å². The van der Waals surface area contributed by atoms with Crippen LogP contribution in [0.5, 0.6) is 17.2 Å². The van der Waals surface area contributed by atoms with Crippen molar-refractivity contribution in [3.8, 4) is 17.2 Å². The van der Waals surface area contributed by atoms with E-state index in [-0.39, 0.29) is 16.9 Å². The van der Waals surface area contributed by atoms with Crippen molar-refractivity contribution >= 4 is 19.2 Å². The maximum atomic E-state index is 12.9. The molecule has 0 fully saturated rings. The second-order valence-electron chi connectivity index (χ2n) is 11.9. The molecule has 226 valence electrons. The lowest BCUT2D eigenvalue weighted by Crippen LogP contribution is -2.30. The first-order chi connectivity index (χ1) is 19.6. The molecule has 0 aliphatic carbocycles. The molecule has 0 amide bonds. The van der Waals surface area contributed by atoms with Crippen LogP contribution in [-0.2, 0) is 16.5 Å². The summed E-state index contributed by atoms with van der Waals surface area (Å²) in [4.78, 5) is 11.8. The summed E-state index contributed by atoms with van der Waals surface area (Å²) in [6, 6.07) is 12.5. The highest BCUT2D eigenvalue weighted by Gasteiger charge is 2.27. The van der Waals surface area contributed by atoms with Crippen molar-refractivity contribution in [1.29, 1.82) is 0 Å². The molecule has 1 heterocycles. The summed E-state index contributed by atoms with van der Waals surface area (Å²) >= 11 is 1.67. The molecule has 0 aliphatic heterocycles. The Hall–Kier alpha value is -2.34. The van der Waals surface area contributed by atoms with E-state index in [2.05, 4.69) is 45.4 Å². The molecule has 0 bridgehead atoms. The third kappa shape index (κ3) is 12.2. The number of rotatable bonds is 18. The van der Waals surface area contributed by atoms with Gasteiger partial charge in [-0.15, -0.1) is 0 Å². The molecule has 1 aromatic heterocycles. The number of aryl methyl sites for hydroxylation is 1. The van der Waals surface area contributed by atoms with Crippen LogP contribution in [0.25, 0.3) is 0 Å². The molecule has 41 heavy (non-hydrogen) atoms. The Morgan fingerprint density at radius 1 is 0.878 bits per heavy atom. The summed E-state index contributed by atoms with van der Waals surface area (Å²) in [6.45, 7) is 11.9. The van der Waals surface area contributed by atoms with Crippen LogP contribution in [0.2, 0.25) is 0 Å². The number of hydrogen-bond acceptors (Lipinski definition) is 5. The summed E-state index contributed by atoms with van der Waals surface area (Å²) in [5.74, 6) is 1.34. The number of thiazole rings is 1. The molecular weight excluding hydrogens is 553 g/mol. The standard InChI is InChI=1S/C33H48NO5PS/c1-6-7-8-9-10-11-12-13-14-15-21-37-32-20-19-30(23-31(32)33(3,4)5)39-40(35,36)38-29-18-16-17-28(22-29)25-34-24-27(2)41-26-34/h16-20,22-24,26H,6-15,21,25H2,1-5H3/p+1. The largest absolute Gasteiger partial charge is 0.584 e. The Morgan fingerprint density at radius 2 is 1.51 bits per heavy atom. The van der Waals surface area contributed by atoms with Gasteiger partial charge in [0, 0.05) is 11.1 Å². The van der Waals surface area contributed by atoms with Gasteiger partial charge in [-0.25, -0.2) is 4.57 Å². The van der Waals surface area contributed by atoms with Crippen LogP contribution in [0.4, 0.5) is 0 Å². The summed E-state index contributed by atoms with van der Waals surface area (Å²) in [5, 5.41) is 0. The van der Waals surface area contributed by atoms with Crippen molar-refractivity contribution in [2.24, 2.45) is 0 Å². The van der Waals surface area contributed by atoms with E-state index in [1.54, 1.807) is 35.6 Å². The maximum absolute atomic E-state index is 12.9. The van der Waals surface area contributed by atoms with Crippen LogP contribution in [0, 0.1) is 6.92 Å². The molecule has 3 rings (SSSR count). The number of aromatic nitrogens is 1. The SMILES string of the molecule is CCCCCCCCCCCCOc1ccc(OP(=O)(O)Oc2cccc(C[n+]3csc(C)c3)c2)cc1C(C)(C)C. The van der Waals surface area contributed by atoms with Crippen LogP contribution >= 0.6 is 19.2 Å². The van der Waals surface area contributed by atoms with E-state index >= 15 is 0 Å². The first-order valence-electron chi connectivity index (χ1n) is 15.1. The van der Waals surface area contributed by atoms with Gasteiger partial charge in [-0.3, -0.25) is 4.89 Å². The molecule has 0 aliphatic rings. The van der Waals surface area contributed by atoms with Crippen molar-refractivity contribution < 1.29 is 27.8 Å². The lowest BCUT2D eigenvalue weighted by Gasteiger charge is -2.24. The van der Waals surface area contributed by atoms with Crippen LogP contribution in [-0.4, -0.2) is 11.5 Å². The second kappa shape index (κ2) is 16.3. The van der Waals surface area contributed by atoms with Gasteiger partial charge in [-0.2, -0.15) is 4.57 Å². The van der Waals surface area contributed by atoms with Gasteiger partial charge in [0.15, 0.2) is 12.7 Å². The van der Waals surface area contributed by atoms with Crippen LogP contribution in [0.3, 0.4) is 0 Å². The normalized spacial score (nSPS) is 13.1. The molecule has 6 nitrogen and oxygen atoms in total. The number of phosphoric ester groups is 1. The number of unbranched alkanes of at least 4 members (excludes halogenated alkanes) is 9. The summed E-state index contributed by atoms with van der Waals surface area (Å²) in [6.07, 6.45) is 14.9. The zero-order chi connectivity index (χ0) is 29.7. The zero-order valence-electron chi connectivity index (χ0n) is 25.6. The van der Waals surface area contributed by atoms with Gasteiger partial charge in [-0.1, -0.05) is 109 Å². The first-order valence-corrected chi connectivity index (χ1v) is 17.5. The van der Waals surface area contributed by atoms with Gasteiger partial charge in [0.1, 0.15) is 17.2 Å². The lowest BCUT2D eigenvalue weighted by molar-refractivity contribution is -0.683. The van der Waals surface area contributed by atoms with Gasteiger partial charge >= 0.3 is 7.82 Å². The van der Waals surface area contributed by atoms with Crippen LogP contribution < -0.4 is 18.4 Å². The van der Waals surface area contributed by atoms with E-state index in [0.29, 0.717) is 13.2 Å². The Kier molecular flexibility index (Phi) is 13.2. The van der Waals surface area contributed by atoms with E-state index in [1.807, 2.05) is 23.7 Å². The fraction of sp³-hybridized carbons (Fsp3) is 0.545. The quantitative estimate of drug-likeness (QED) is 0.0892. The number of nitrogens with zero attached hydrogens (tertiary/aromatic N) is 1. The minimum Gasteiger partial charge on any atom is -0.493 e. The minimum atomic E-state index is -4.42. The molecule has 1 unspecified atom stereocenters. The molecule has 1 N–H and O–H groups in total. The minimum absolute atomic E-state index is 0.237. The zero-order valence-corrected chi connectivity index (χ0v) is 27.3. The Bertz CT molecular complexity index is 1250. The fourth-order valence-electron chi connectivity index (χ4n) is 4.77. The fourth-order valence-corrected chi connectivity index (χ4v) is 6.20. The van der Waals surface area contributed by atoms with Crippen LogP contribution in [0.15, 0.2) is 54.2 Å². The third-order valence-electron chi connectivity index (χ3n) is 6.94. The Balaban J connectivity index is 1.52. The van der Waals surface area contributed by atoms with Gasteiger partial charge in [0.2, 0.25) is 5.51 Å². The molecule has 0 spiro atoms. The third-order valence-corrected chi connectivity index (χ3v) is 8.68. The molecule has 1 atom stereocenters. The van der Waals surface area contributed by atoms with E-state index < -0.39 is 7.82 Å². The molecule has 0 saturated carbocycles. The smallest absolute Gasteiger partial charge is 0.493 e. The number of hydrogen-bond donors (Lipinski definition) is 1. The predicted octanol–water partition coefficient (Wildman–Crippen LogP) is 9.55. The van der Waals surface area contributed by atoms with Crippen molar-refractivity contribution in [3.05, 3.63) is 70.2 Å². The van der Waals surface area contributed by atoms with Gasteiger partial charge in [0.05, 0.1) is 11.5 Å². The molecule has 0 radical (unpaired) electrons. The number of ether oxygens (including phenoxy) is 1. The Morgan fingerprint density at radius 3 is 2.12 bits per heavy atom. The van der Waals surface area contributed by atoms with E-state index in [1.165, 1.54) is 62.7 Å². The lowest BCUT2D eigenvalue weighted by atomic mass is 9.86. The topological polar surface area (TPSA) is 68.9 Å². The molecule has 2 aromatic carbocycles. The molecule has 8 heteroatoms. The van der Waals surface area contributed by atoms with Crippen molar-refractivity contribution in [1.82, 2.24) is 0 Å². The highest BCUT2D eigenvalue weighted by molar-refractivity contribution is 7.48. The van der Waals surface area contributed by atoms with E-state index in [4.69, 9.17) is 13.8 Å². The molecule has 0 saturated heterocycles. The average molecular weight is 603 g/mol. The monoisotopic (exact) mass is 602 g/mol. The van der Waals surface area contributed by atoms with Crippen molar-refractivity contribution in [2.75, 3.05) is 6.61 Å². The van der Waals surface area contributed by atoms with Crippen molar-refractivity contribution in [3.63, 3.8) is 0 Å². The number of phosphoric acid groups is 1. The predicted molar refractivity (Wildman–Crippen MR) is 168 cm³/mol. The van der Waals surface area contributed by atoms with Crippen LogP contribution in [0.1, 0.15) is 108 Å². The Labute approximate surface area is 251 Å². The maximum Gasteiger partial charge on any atom is 0.584 e. The van der Waals surface area contributed by atoms with Gasteiger partial charge < -0.3 is 13.8 Å².